The van der Waals surface area contributed by atoms with Gasteiger partial charge in [-0.15, -0.1) is 0 Å². The summed E-state index contributed by atoms with van der Waals surface area (Å²) in [4.78, 5) is 13.6. The van der Waals surface area contributed by atoms with Crippen molar-refractivity contribution in [2.75, 3.05) is 13.1 Å². The van der Waals surface area contributed by atoms with E-state index in [9.17, 15) is 10.1 Å². The number of ether oxygens (including phenoxy) is 1. The molecule has 1 heterocycles. The highest BCUT2D eigenvalue weighted by atomic mass is 79.9. The summed E-state index contributed by atoms with van der Waals surface area (Å²) in [7, 11) is 0. The summed E-state index contributed by atoms with van der Waals surface area (Å²) in [5.74, 6) is 0. The zero-order chi connectivity index (χ0) is 17.3. The van der Waals surface area contributed by atoms with E-state index in [1.807, 2.05) is 0 Å². The maximum atomic E-state index is 12.0. The summed E-state index contributed by atoms with van der Waals surface area (Å²) in [6.45, 7) is 5.98. The van der Waals surface area contributed by atoms with Crippen LogP contribution >= 0.6 is 15.9 Å². The minimum Gasteiger partial charge on any atom is -0.444 e. The zero-order valence-corrected chi connectivity index (χ0v) is 14.8. The predicted molar refractivity (Wildman–Crippen MR) is 88.6 cm³/mol. The Balaban J connectivity index is 2.17. The first-order chi connectivity index (χ1) is 10.7. The number of rotatable bonds is 2. The van der Waals surface area contributed by atoms with E-state index in [0.29, 0.717) is 5.56 Å². The largest absolute Gasteiger partial charge is 0.444 e. The van der Waals surface area contributed by atoms with E-state index < -0.39 is 17.1 Å². The maximum Gasteiger partial charge on any atom is 0.410 e. The molecule has 0 radical (unpaired) electrons. The van der Waals surface area contributed by atoms with E-state index in [1.165, 1.54) is 11.1 Å². The molecular weight excluding hydrogens is 362 g/mol. The molecule has 2 rings (SSSR count). The number of oxime groups is 1. The number of nitriles is 1. The first-order valence-electron chi connectivity index (χ1n) is 7.07. The molecule has 0 aromatic heterocycles. The maximum absolute atomic E-state index is 12.0. The van der Waals surface area contributed by atoms with E-state index in [1.54, 1.807) is 39.0 Å². The molecule has 6 nitrogen and oxygen atoms in total. The molecule has 0 spiro atoms. The first kappa shape index (κ1) is 17.3. The molecule has 1 aliphatic rings. The van der Waals surface area contributed by atoms with Crippen molar-refractivity contribution in [1.29, 1.82) is 5.26 Å². The summed E-state index contributed by atoms with van der Waals surface area (Å²) >= 11 is 3.45. The lowest BCUT2D eigenvalue weighted by molar-refractivity contribution is -0.000547. The minimum atomic E-state index is -0.759. The number of carbonyl (C=O) groups excluding carboxylic acids is 1. The van der Waals surface area contributed by atoms with E-state index >= 15 is 0 Å². The summed E-state index contributed by atoms with van der Waals surface area (Å²) in [5.41, 5.74) is 0.188. The zero-order valence-electron chi connectivity index (χ0n) is 13.2. The van der Waals surface area contributed by atoms with Gasteiger partial charge in [0.15, 0.2) is 0 Å². The average Bonchev–Trinajstić information content (AvgIpc) is 2.38. The van der Waals surface area contributed by atoms with Gasteiger partial charge in [-0.05, 0) is 38.0 Å². The van der Waals surface area contributed by atoms with Crippen molar-refractivity contribution in [1.82, 2.24) is 4.90 Å². The molecule has 7 heteroatoms. The van der Waals surface area contributed by atoms with Crippen molar-refractivity contribution in [3.05, 3.63) is 33.8 Å². The monoisotopic (exact) mass is 379 g/mol. The van der Waals surface area contributed by atoms with Gasteiger partial charge in [0.05, 0.1) is 12.3 Å². The third-order valence-electron chi connectivity index (χ3n) is 3.50. The van der Waals surface area contributed by atoms with Gasteiger partial charge in [-0.1, -0.05) is 33.2 Å². The summed E-state index contributed by atoms with van der Waals surface area (Å²) in [6.07, 6.45) is 0.894. The number of likely N-dealkylation sites (tertiary alicyclic amines) is 1. The number of carbonyl (C=O) groups is 1. The van der Waals surface area contributed by atoms with Gasteiger partial charge < -0.3 is 14.8 Å². The van der Waals surface area contributed by atoms with Crippen molar-refractivity contribution in [3.63, 3.8) is 0 Å². The lowest BCUT2D eigenvalue weighted by Crippen LogP contribution is -2.61. The predicted octanol–water partition coefficient (Wildman–Crippen LogP) is 3.27. The minimum absolute atomic E-state index is 0.282. The van der Waals surface area contributed by atoms with Crippen LogP contribution in [0.25, 0.3) is 0 Å². The van der Waals surface area contributed by atoms with E-state index in [4.69, 9.17) is 9.94 Å². The fourth-order valence-corrected chi connectivity index (χ4v) is 3.20. The normalized spacial score (nSPS) is 16.7. The van der Waals surface area contributed by atoms with E-state index in [0.717, 1.165) is 10.0 Å². The molecule has 0 aliphatic carbocycles. The second-order valence-electron chi connectivity index (χ2n) is 6.51. The Hall–Kier alpha value is -2.07. The number of hydrogen-bond donors (Lipinski definition) is 1. The molecule has 1 saturated heterocycles. The van der Waals surface area contributed by atoms with Gasteiger partial charge in [0.1, 0.15) is 11.0 Å². The van der Waals surface area contributed by atoms with Gasteiger partial charge >= 0.3 is 6.09 Å². The van der Waals surface area contributed by atoms with Crippen molar-refractivity contribution in [2.24, 2.45) is 5.16 Å². The lowest BCUT2D eigenvalue weighted by atomic mass is 9.75. The first-order valence-corrected chi connectivity index (χ1v) is 7.87. The van der Waals surface area contributed by atoms with Crippen molar-refractivity contribution in [2.45, 2.75) is 31.8 Å². The fraction of sp³-hybridized carbons (Fsp3) is 0.438. The van der Waals surface area contributed by atoms with Crippen LogP contribution < -0.4 is 0 Å². The van der Waals surface area contributed by atoms with Crippen LogP contribution in [0.1, 0.15) is 31.9 Å². The molecule has 0 atom stereocenters. The molecule has 1 aromatic rings. The smallest absolute Gasteiger partial charge is 0.410 e. The van der Waals surface area contributed by atoms with E-state index in [-0.39, 0.29) is 13.1 Å². The van der Waals surface area contributed by atoms with Crippen LogP contribution in [0.2, 0.25) is 0 Å². The summed E-state index contributed by atoms with van der Waals surface area (Å²) in [5, 5.41) is 21.2. The molecule has 0 bridgehead atoms. The Morgan fingerprint density at radius 2 is 2.17 bits per heavy atom. The Morgan fingerprint density at radius 1 is 1.52 bits per heavy atom. The third kappa shape index (κ3) is 3.64. The highest BCUT2D eigenvalue weighted by Gasteiger charge is 2.49. The molecule has 1 N–H and O–H groups in total. The quantitative estimate of drug-likeness (QED) is 0.485. The second kappa shape index (κ2) is 6.20. The van der Waals surface area contributed by atoms with Gasteiger partial charge in [-0.2, -0.15) is 5.26 Å². The van der Waals surface area contributed by atoms with Crippen molar-refractivity contribution in [3.8, 4) is 6.07 Å². The number of benzene rings is 1. The molecular formula is C16H18BrN3O3. The Kier molecular flexibility index (Phi) is 4.66. The molecule has 122 valence electrons. The Morgan fingerprint density at radius 3 is 2.65 bits per heavy atom. The Labute approximate surface area is 143 Å². The summed E-state index contributed by atoms with van der Waals surface area (Å²) in [6, 6.07) is 7.64. The van der Waals surface area contributed by atoms with Crippen LogP contribution in [0, 0.1) is 11.3 Å². The van der Waals surface area contributed by atoms with Gasteiger partial charge in [-0.3, -0.25) is 0 Å². The molecule has 1 fully saturated rings. The highest BCUT2D eigenvalue weighted by Crippen LogP contribution is 2.39. The second-order valence-corrected chi connectivity index (χ2v) is 7.37. The molecule has 1 aromatic carbocycles. The summed E-state index contributed by atoms with van der Waals surface area (Å²) < 4.78 is 6.05. The lowest BCUT2D eigenvalue weighted by Gasteiger charge is -2.46. The Bertz CT molecular complexity index is 683. The SMILES string of the molecule is CC(C)(C)OC(=O)N1CC(C#N)(c2ccc(/C=N/O)cc2Br)C1. The molecule has 23 heavy (non-hydrogen) atoms. The van der Waals surface area contributed by atoms with Gasteiger partial charge in [0.25, 0.3) is 0 Å². The number of hydrogen-bond acceptors (Lipinski definition) is 5. The van der Waals surface area contributed by atoms with Crippen LogP contribution in [0.15, 0.2) is 27.8 Å². The number of nitrogens with zero attached hydrogens (tertiary/aromatic N) is 3. The van der Waals surface area contributed by atoms with E-state index in [2.05, 4.69) is 27.2 Å². The van der Waals surface area contributed by atoms with Crippen LogP contribution in [0.3, 0.4) is 0 Å². The van der Waals surface area contributed by atoms with Crippen LogP contribution in [-0.2, 0) is 10.2 Å². The number of amides is 1. The van der Waals surface area contributed by atoms with Gasteiger partial charge in [0, 0.05) is 17.6 Å². The third-order valence-corrected chi connectivity index (χ3v) is 4.16. The molecule has 0 saturated carbocycles. The molecule has 0 unspecified atom stereocenters. The van der Waals surface area contributed by atoms with Crippen LogP contribution in [0.5, 0.6) is 0 Å². The number of halogens is 1. The molecule has 1 aliphatic heterocycles. The molecule has 1 amide bonds. The van der Waals surface area contributed by atoms with Gasteiger partial charge in [-0.25, -0.2) is 4.79 Å². The van der Waals surface area contributed by atoms with Crippen molar-refractivity contribution < 1.29 is 14.7 Å². The topological polar surface area (TPSA) is 85.9 Å². The van der Waals surface area contributed by atoms with Crippen molar-refractivity contribution >= 4 is 28.2 Å². The van der Waals surface area contributed by atoms with Crippen LogP contribution in [-0.4, -0.2) is 41.1 Å². The standard InChI is InChI=1S/C16H18BrN3O3/c1-15(2,3)23-14(21)20-9-16(8-18,10-20)12-5-4-11(7-19-22)6-13(12)17/h4-7,22H,9-10H2,1-3H3/b19-7+. The average molecular weight is 380 g/mol. The highest BCUT2D eigenvalue weighted by molar-refractivity contribution is 9.10. The fourth-order valence-electron chi connectivity index (χ4n) is 2.43. The van der Waals surface area contributed by atoms with Gasteiger partial charge in [0.2, 0.25) is 0 Å². The van der Waals surface area contributed by atoms with Crippen LogP contribution in [0.4, 0.5) is 4.79 Å².